The van der Waals surface area contributed by atoms with Gasteiger partial charge in [-0.3, -0.25) is 0 Å². The second-order valence-electron chi connectivity index (χ2n) is 6.60. The highest BCUT2D eigenvalue weighted by Gasteiger charge is 2.42. The molecule has 3 atom stereocenters. The van der Waals surface area contributed by atoms with Gasteiger partial charge in [-0.2, -0.15) is 13.2 Å². The van der Waals surface area contributed by atoms with Crippen molar-refractivity contribution in [2.75, 3.05) is 5.32 Å². The van der Waals surface area contributed by atoms with Gasteiger partial charge in [-0.05, 0) is 42.0 Å². The zero-order valence-electron chi connectivity index (χ0n) is 13.3. The quantitative estimate of drug-likeness (QED) is 0.648. The number of para-hydroxylation sites is 1. The van der Waals surface area contributed by atoms with Crippen molar-refractivity contribution in [2.24, 2.45) is 5.92 Å². The first-order chi connectivity index (χ1) is 11.5. The monoisotopic (exact) mass is 329 g/mol. The summed E-state index contributed by atoms with van der Waals surface area (Å²) >= 11 is 0. The maximum atomic E-state index is 13.5. The van der Waals surface area contributed by atoms with Crippen LogP contribution in [0.5, 0.6) is 0 Å². The van der Waals surface area contributed by atoms with Crippen LogP contribution in [0.4, 0.5) is 18.9 Å². The molecule has 0 aromatic heterocycles. The summed E-state index contributed by atoms with van der Waals surface area (Å²) in [5.41, 5.74) is 3.05. The molecular formula is C20H18F3N. The van der Waals surface area contributed by atoms with E-state index in [1.807, 2.05) is 19.1 Å². The number of rotatable bonds is 1. The third-order valence-electron chi connectivity index (χ3n) is 5.21. The molecule has 0 saturated carbocycles. The van der Waals surface area contributed by atoms with Crippen molar-refractivity contribution in [3.05, 3.63) is 76.9 Å². The van der Waals surface area contributed by atoms with E-state index in [1.165, 1.54) is 17.7 Å². The van der Waals surface area contributed by atoms with Crippen LogP contribution in [0.1, 0.15) is 40.6 Å². The Morgan fingerprint density at radius 2 is 1.75 bits per heavy atom. The van der Waals surface area contributed by atoms with E-state index in [9.17, 15) is 13.2 Å². The van der Waals surface area contributed by atoms with Crippen LogP contribution >= 0.6 is 0 Å². The lowest BCUT2D eigenvalue weighted by Gasteiger charge is -2.39. The first kappa shape index (κ1) is 15.3. The first-order valence-corrected chi connectivity index (χ1v) is 8.15. The lowest BCUT2D eigenvalue weighted by molar-refractivity contribution is -0.138. The number of hydrogen-bond acceptors (Lipinski definition) is 1. The average Bonchev–Trinajstić information content (AvgIpc) is 3.04. The van der Waals surface area contributed by atoms with Crippen molar-refractivity contribution in [1.29, 1.82) is 0 Å². The molecule has 4 heteroatoms. The van der Waals surface area contributed by atoms with Crippen LogP contribution in [0, 0.1) is 12.8 Å². The highest BCUT2D eigenvalue weighted by molar-refractivity contribution is 5.64. The third-order valence-corrected chi connectivity index (χ3v) is 5.21. The van der Waals surface area contributed by atoms with Crippen molar-refractivity contribution in [3.63, 3.8) is 0 Å². The van der Waals surface area contributed by atoms with Crippen LogP contribution in [0.15, 0.2) is 54.6 Å². The number of fused-ring (bicyclic) bond motifs is 3. The molecule has 0 spiro atoms. The molecule has 24 heavy (non-hydrogen) atoms. The van der Waals surface area contributed by atoms with Gasteiger partial charge in [-0.1, -0.05) is 48.6 Å². The van der Waals surface area contributed by atoms with Gasteiger partial charge in [0.05, 0.1) is 11.6 Å². The maximum absolute atomic E-state index is 13.5. The number of aryl methyl sites for hydroxylation is 1. The molecule has 2 aromatic rings. The van der Waals surface area contributed by atoms with Gasteiger partial charge in [0.1, 0.15) is 0 Å². The minimum absolute atomic E-state index is 0.114. The molecule has 1 aliphatic carbocycles. The lowest BCUT2D eigenvalue weighted by Crippen LogP contribution is -2.31. The first-order valence-electron chi connectivity index (χ1n) is 8.15. The molecule has 1 heterocycles. The van der Waals surface area contributed by atoms with Gasteiger partial charge in [0.25, 0.3) is 0 Å². The van der Waals surface area contributed by atoms with E-state index in [0.29, 0.717) is 5.56 Å². The molecule has 1 aliphatic heterocycles. The summed E-state index contributed by atoms with van der Waals surface area (Å²) in [5, 5.41) is 3.43. The zero-order valence-corrected chi connectivity index (χ0v) is 13.3. The molecule has 1 N–H and O–H groups in total. The van der Waals surface area contributed by atoms with Gasteiger partial charge >= 0.3 is 6.18 Å². The average molecular weight is 329 g/mol. The van der Waals surface area contributed by atoms with E-state index in [2.05, 4.69) is 23.5 Å². The van der Waals surface area contributed by atoms with Crippen molar-refractivity contribution in [3.8, 4) is 0 Å². The van der Waals surface area contributed by atoms with Gasteiger partial charge in [-0.25, -0.2) is 0 Å². The molecule has 0 radical (unpaired) electrons. The largest absolute Gasteiger partial charge is 0.416 e. The van der Waals surface area contributed by atoms with Crippen LogP contribution in [0.2, 0.25) is 0 Å². The van der Waals surface area contributed by atoms with Gasteiger partial charge in [0, 0.05) is 11.6 Å². The Morgan fingerprint density at radius 1 is 1.00 bits per heavy atom. The molecule has 0 amide bonds. The number of allylic oxidation sites excluding steroid dienone is 2. The van der Waals surface area contributed by atoms with Crippen LogP contribution in [-0.2, 0) is 6.18 Å². The van der Waals surface area contributed by atoms with Crippen LogP contribution in [-0.4, -0.2) is 0 Å². The molecule has 0 saturated heterocycles. The maximum Gasteiger partial charge on any atom is 0.416 e. The zero-order chi connectivity index (χ0) is 16.9. The topological polar surface area (TPSA) is 12.0 Å². The summed E-state index contributed by atoms with van der Waals surface area (Å²) in [6.45, 7) is 2.00. The normalized spacial score (nSPS) is 25.1. The van der Waals surface area contributed by atoms with Gasteiger partial charge in [-0.15, -0.1) is 0 Å². The van der Waals surface area contributed by atoms with Crippen molar-refractivity contribution < 1.29 is 13.2 Å². The SMILES string of the molecule is Cc1cccc2c1N[C@H](c1ccccc1C(F)(F)F)[C@H]1CC=C[C@H]21. The van der Waals surface area contributed by atoms with Crippen molar-refractivity contribution in [1.82, 2.24) is 0 Å². The van der Waals surface area contributed by atoms with Crippen molar-refractivity contribution in [2.45, 2.75) is 31.5 Å². The highest BCUT2D eigenvalue weighted by atomic mass is 19.4. The summed E-state index contributed by atoms with van der Waals surface area (Å²) in [7, 11) is 0. The number of nitrogens with one attached hydrogen (secondary N) is 1. The molecule has 0 bridgehead atoms. The Balaban J connectivity index is 1.85. The number of hydrogen-bond donors (Lipinski definition) is 1. The minimum Gasteiger partial charge on any atom is -0.377 e. The molecule has 124 valence electrons. The summed E-state index contributed by atoms with van der Waals surface area (Å²) in [5.74, 6) is 0.287. The van der Waals surface area contributed by atoms with E-state index in [-0.39, 0.29) is 17.9 Å². The van der Waals surface area contributed by atoms with Crippen LogP contribution in [0.3, 0.4) is 0 Å². The molecule has 0 unspecified atom stereocenters. The van der Waals surface area contributed by atoms with E-state index in [0.717, 1.165) is 17.7 Å². The summed E-state index contributed by atoms with van der Waals surface area (Å²) in [4.78, 5) is 0. The Labute approximate surface area is 139 Å². The fourth-order valence-electron chi connectivity index (χ4n) is 4.11. The second-order valence-corrected chi connectivity index (χ2v) is 6.60. The van der Waals surface area contributed by atoms with Gasteiger partial charge in [0.2, 0.25) is 0 Å². The fraction of sp³-hybridized carbons (Fsp3) is 0.300. The number of alkyl halides is 3. The third kappa shape index (κ3) is 2.32. The predicted octanol–water partition coefficient (Wildman–Crippen LogP) is 5.84. The summed E-state index contributed by atoms with van der Waals surface area (Å²) < 4.78 is 40.4. The number of benzene rings is 2. The predicted molar refractivity (Wildman–Crippen MR) is 89.0 cm³/mol. The molecule has 1 nitrogen and oxygen atoms in total. The van der Waals surface area contributed by atoms with Crippen molar-refractivity contribution >= 4 is 5.69 Å². The van der Waals surface area contributed by atoms with E-state index < -0.39 is 11.7 Å². The van der Waals surface area contributed by atoms with E-state index in [1.54, 1.807) is 12.1 Å². The fourth-order valence-corrected chi connectivity index (χ4v) is 4.11. The smallest absolute Gasteiger partial charge is 0.377 e. The number of anilines is 1. The van der Waals surface area contributed by atoms with Gasteiger partial charge < -0.3 is 5.32 Å². The Bertz CT molecular complexity index is 807. The van der Waals surface area contributed by atoms with Crippen LogP contribution in [0.25, 0.3) is 0 Å². The summed E-state index contributed by atoms with van der Waals surface area (Å²) in [6, 6.07) is 11.7. The Morgan fingerprint density at radius 3 is 2.54 bits per heavy atom. The summed E-state index contributed by atoms with van der Waals surface area (Å²) in [6.07, 6.45) is 0.693. The standard InChI is InChI=1S/C20H18F3N/c1-12-6-4-9-14-13-8-5-10-15(13)19(24-18(12)14)16-7-2-3-11-17(16)20(21,22)23/h2-9,11,13,15,19,24H,10H2,1H3/t13-,15+,19+/m1/s1. The van der Waals surface area contributed by atoms with E-state index in [4.69, 9.17) is 0 Å². The minimum atomic E-state index is -4.34. The number of halogens is 3. The van der Waals surface area contributed by atoms with Crippen LogP contribution < -0.4 is 5.32 Å². The second kappa shape index (κ2) is 5.40. The Hall–Kier alpha value is -2.23. The molecule has 4 rings (SSSR count). The highest BCUT2D eigenvalue weighted by Crippen LogP contribution is 2.52. The molecule has 2 aromatic carbocycles. The van der Waals surface area contributed by atoms with Gasteiger partial charge in [0.15, 0.2) is 0 Å². The Kier molecular flexibility index (Phi) is 3.44. The molecular weight excluding hydrogens is 311 g/mol. The lowest BCUT2D eigenvalue weighted by atomic mass is 9.75. The molecule has 0 fully saturated rings. The molecule has 2 aliphatic rings. The van der Waals surface area contributed by atoms with E-state index >= 15 is 0 Å².